The normalized spacial score (nSPS) is 11.1. The number of benzene rings is 1. The van der Waals surface area contributed by atoms with Gasteiger partial charge in [0.25, 0.3) is 0 Å². The van der Waals surface area contributed by atoms with Gasteiger partial charge in [0, 0.05) is 27.7 Å². The van der Waals surface area contributed by atoms with E-state index in [1.54, 1.807) is 6.20 Å². The Morgan fingerprint density at radius 1 is 1.31 bits per heavy atom. The summed E-state index contributed by atoms with van der Waals surface area (Å²) in [5, 5.41) is 5.32. The summed E-state index contributed by atoms with van der Waals surface area (Å²) in [4.78, 5) is 3.12. The van der Waals surface area contributed by atoms with Crippen LogP contribution in [0.4, 0.5) is 5.88 Å². The number of fused-ring (bicyclic) bond motifs is 1. The Morgan fingerprint density at radius 3 is 2.94 bits per heavy atom. The molecule has 0 unspecified atom stereocenters. The van der Waals surface area contributed by atoms with Gasteiger partial charge in [0.05, 0.1) is 11.8 Å². The molecule has 2 aromatic heterocycles. The van der Waals surface area contributed by atoms with E-state index in [-0.39, 0.29) is 5.88 Å². The molecule has 2 heterocycles. The van der Waals surface area contributed by atoms with Crippen molar-refractivity contribution in [3.05, 3.63) is 35.6 Å². The molecule has 0 saturated carbocycles. The summed E-state index contributed by atoms with van der Waals surface area (Å²) in [6.07, 6.45) is 3.42. The number of aromatic amines is 1. The van der Waals surface area contributed by atoms with E-state index >= 15 is 0 Å². The molecule has 80 valence electrons. The summed E-state index contributed by atoms with van der Waals surface area (Å²) < 4.78 is 4.83. The van der Waals surface area contributed by atoms with Crippen molar-refractivity contribution in [2.75, 3.05) is 5.73 Å². The van der Waals surface area contributed by atoms with Crippen LogP contribution in [0.5, 0.6) is 0 Å². The summed E-state index contributed by atoms with van der Waals surface area (Å²) in [7, 11) is 0. The number of hydrogen-bond acceptors (Lipinski definition) is 3. The van der Waals surface area contributed by atoms with Crippen LogP contribution in [0.2, 0.25) is 5.02 Å². The van der Waals surface area contributed by atoms with Crippen molar-refractivity contribution in [3.63, 3.8) is 0 Å². The van der Waals surface area contributed by atoms with Crippen LogP contribution in [0.25, 0.3) is 22.0 Å². The van der Waals surface area contributed by atoms with E-state index in [9.17, 15) is 0 Å². The monoisotopic (exact) mass is 233 g/mol. The van der Waals surface area contributed by atoms with Gasteiger partial charge in [-0.3, -0.25) is 0 Å². The highest BCUT2D eigenvalue weighted by Crippen LogP contribution is 2.34. The standard InChI is InChI=1S/C11H8ClN3O/c12-9-3-6-1-2-14-10(6)4-7(9)8-5-15-16-11(8)13/h1-5,14H,13H2. The second kappa shape index (κ2) is 3.28. The van der Waals surface area contributed by atoms with Crippen LogP contribution in [0.3, 0.4) is 0 Å². The van der Waals surface area contributed by atoms with Crippen molar-refractivity contribution < 1.29 is 4.52 Å². The Hall–Kier alpha value is -1.94. The van der Waals surface area contributed by atoms with E-state index in [1.807, 2.05) is 24.4 Å². The third-order valence-corrected chi connectivity index (χ3v) is 2.84. The van der Waals surface area contributed by atoms with Gasteiger partial charge < -0.3 is 15.2 Å². The minimum absolute atomic E-state index is 0.271. The van der Waals surface area contributed by atoms with E-state index in [2.05, 4.69) is 10.1 Å². The topological polar surface area (TPSA) is 67.8 Å². The molecule has 5 heteroatoms. The maximum absolute atomic E-state index is 6.18. The van der Waals surface area contributed by atoms with Gasteiger partial charge in [0.2, 0.25) is 5.88 Å². The van der Waals surface area contributed by atoms with Gasteiger partial charge in [-0.25, -0.2) is 0 Å². The fourth-order valence-electron chi connectivity index (χ4n) is 1.73. The fraction of sp³-hybridized carbons (Fsp3) is 0. The summed E-state index contributed by atoms with van der Waals surface area (Å²) in [6.45, 7) is 0. The van der Waals surface area contributed by atoms with Crippen LogP contribution in [-0.2, 0) is 0 Å². The molecule has 0 aliphatic heterocycles. The van der Waals surface area contributed by atoms with E-state index in [0.29, 0.717) is 10.6 Å². The number of rotatable bonds is 1. The maximum Gasteiger partial charge on any atom is 0.230 e. The first-order chi connectivity index (χ1) is 7.75. The van der Waals surface area contributed by atoms with Crippen LogP contribution >= 0.6 is 11.6 Å². The summed E-state index contributed by atoms with van der Waals surface area (Å²) in [6, 6.07) is 5.78. The zero-order valence-electron chi connectivity index (χ0n) is 8.20. The molecule has 0 atom stereocenters. The van der Waals surface area contributed by atoms with Crippen molar-refractivity contribution in [2.45, 2.75) is 0 Å². The minimum Gasteiger partial charge on any atom is -0.367 e. The molecule has 0 aliphatic rings. The molecule has 0 radical (unpaired) electrons. The van der Waals surface area contributed by atoms with Crippen LogP contribution in [-0.4, -0.2) is 10.1 Å². The van der Waals surface area contributed by atoms with Gasteiger partial charge in [-0.1, -0.05) is 16.8 Å². The Morgan fingerprint density at radius 2 is 2.19 bits per heavy atom. The summed E-state index contributed by atoms with van der Waals surface area (Å²) >= 11 is 6.18. The molecule has 16 heavy (non-hydrogen) atoms. The average Bonchev–Trinajstić information content (AvgIpc) is 2.85. The van der Waals surface area contributed by atoms with E-state index in [1.165, 1.54) is 0 Å². The van der Waals surface area contributed by atoms with Gasteiger partial charge in [-0.05, 0) is 18.2 Å². The molecular weight excluding hydrogens is 226 g/mol. The lowest BCUT2D eigenvalue weighted by molar-refractivity contribution is 0.436. The first-order valence-corrected chi connectivity index (χ1v) is 5.10. The fourth-order valence-corrected chi connectivity index (χ4v) is 2.00. The molecule has 0 saturated heterocycles. The van der Waals surface area contributed by atoms with Gasteiger partial charge in [0.1, 0.15) is 0 Å². The molecule has 3 rings (SSSR count). The molecule has 4 nitrogen and oxygen atoms in total. The molecule has 0 fully saturated rings. The third kappa shape index (κ3) is 1.27. The number of hydrogen-bond donors (Lipinski definition) is 2. The lowest BCUT2D eigenvalue weighted by Crippen LogP contribution is -1.85. The lowest BCUT2D eigenvalue weighted by atomic mass is 10.1. The summed E-state index contributed by atoms with van der Waals surface area (Å²) in [5.41, 5.74) is 8.19. The van der Waals surface area contributed by atoms with Crippen LogP contribution in [0.1, 0.15) is 0 Å². The summed E-state index contributed by atoms with van der Waals surface area (Å²) in [5.74, 6) is 0.271. The Labute approximate surface area is 96.0 Å². The smallest absolute Gasteiger partial charge is 0.230 e. The van der Waals surface area contributed by atoms with E-state index in [0.717, 1.165) is 16.5 Å². The Bertz CT molecular complexity index is 656. The van der Waals surface area contributed by atoms with Crippen LogP contribution < -0.4 is 5.73 Å². The zero-order valence-corrected chi connectivity index (χ0v) is 8.95. The van der Waals surface area contributed by atoms with Crippen LogP contribution in [0, 0.1) is 0 Å². The SMILES string of the molecule is Nc1oncc1-c1cc2[nH]ccc2cc1Cl. The van der Waals surface area contributed by atoms with Crippen molar-refractivity contribution in [1.29, 1.82) is 0 Å². The third-order valence-electron chi connectivity index (χ3n) is 2.53. The highest BCUT2D eigenvalue weighted by molar-refractivity contribution is 6.34. The molecule has 3 aromatic rings. The second-order valence-corrected chi connectivity index (χ2v) is 3.91. The Kier molecular flexibility index (Phi) is 1.91. The maximum atomic E-state index is 6.18. The largest absolute Gasteiger partial charge is 0.367 e. The number of nitrogens with one attached hydrogen (secondary N) is 1. The van der Waals surface area contributed by atoms with Gasteiger partial charge in [0.15, 0.2) is 0 Å². The van der Waals surface area contributed by atoms with Gasteiger partial charge >= 0.3 is 0 Å². The van der Waals surface area contributed by atoms with Crippen molar-refractivity contribution in [2.24, 2.45) is 0 Å². The number of nitrogens with zero attached hydrogens (tertiary/aromatic N) is 1. The Balaban J connectivity index is 2.30. The minimum atomic E-state index is 0.271. The number of nitrogen functional groups attached to an aromatic ring is 1. The molecule has 1 aromatic carbocycles. The first-order valence-electron chi connectivity index (χ1n) is 4.73. The second-order valence-electron chi connectivity index (χ2n) is 3.50. The van der Waals surface area contributed by atoms with E-state index < -0.39 is 0 Å². The molecule has 0 aliphatic carbocycles. The molecule has 0 spiro atoms. The van der Waals surface area contributed by atoms with Gasteiger partial charge in [-0.2, -0.15) is 0 Å². The lowest BCUT2D eigenvalue weighted by Gasteiger charge is -2.02. The van der Waals surface area contributed by atoms with Crippen molar-refractivity contribution >= 4 is 28.4 Å². The average molecular weight is 234 g/mol. The molecule has 3 N–H and O–H groups in total. The highest BCUT2D eigenvalue weighted by atomic mass is 35.5. The van der Waals surface area contributed by atoms with Crippen molar-refractivity contribution in [3.8, 4) is 11.1 Å². The first kappa shape index (κ1) is 9.30. The quantitative estimate of drug-likeness (QED) is 0.679. The number of nitrogens with two attached hydrogens (primary N) is 1. The zero-order chi connectivity index (χ0) is 11.1. The predicted octanol–water partition coefficient (Wildman–Crippen LogP) is 3.06. The number of H-pyrrole nitrogens is 1. The number of halogens is 1. The molecule has 0 bridgehead atoms. The number of aromatic nitrogens is 2. The van der Waals surface area contributed by atoms with Crippen molar-refractivity contribution in [1.82, 2.24) is 10.1 Å². The number of anilines is 1. The predicted molar refractivity (Wildman–Crippen MR) is 63.2 cm³/mol. The van der Waals surface area contributed by atoms with Gasteiger partial charge in [-0.15, -0.1) is 0 Å². The molecule has 0 amide bonds. The van der Waals surface area contributed by atoms with E-state index in [4.69, 9.17) is 21.9 Å². The molecular formula is C11H8ClN3O. The van der Waals surface area contributed by atoms with Crippen LogP contribution in [0.15, 0.2) is 35.1 Å². The highest BCUT2D eigenvalue weighted by Gasteiger charge is 2.12.